The zero-order valence-electron chi connectivity index (χ0n) is 13.9. The Hall–Kier alpha value is -1.62. The topological polar surface area (TPSA) is 41.1 Å². The normalized spacial score (nSPS) is 15.7. The molecule has 2 aromatic rings. The Morgan fingerprint density at radius 1 is 1.13 bits per heavy atom. The number of anilines is 3. The van der Waals surface area contributed by atoms with Gasteiger partial charge in [-0.3, -0.25) is 0 Å². The maximum absolute atomic E-state index is 4.72. The van der Waals surface area contributed by atoms with Gasteiger partial charge in [0.15, 0.2) is 0 Å². The molecular weight excluding hydrogens is 352 g/mol. The molecular formula is C18H23BrN4. The van der Waals surface area contributed by atoms with Crippen molar-refractivity contribution in [3.63, 3.8) is 0 Å². The molecule has 0 radical (unpaired) electrons. The van der Waals surface area contributed by atoms with E-state index in [2.05, 4.69) is 63.2 Å². The minimum absolute atomic E-state index is 0.661. The molecule has 1 aromatic carbocycles. The summed E-state index contributed by atoms with van der Waals surface area (Å²) < 4.78 is 1.08. The number of halogens is 1. The third kappa shape index (κ3) is 4.02. The second-order valence-corrected chi connectivity index (χ2v) is 7.30. The second kappa shape index (κ2) is 6.87. The maximum atomic E-state index is 4.72. The number of piperidine rings is 1. The van der Waals surface area contributed by atoms with Crippen LogP contribution in [0.4, 0.5) is 17.5 Å². The monoisotopic (exact) mass is 374 g/mol. The fraction of sp³-hybridized carbons (Fsp3) is 0.444. The summed E-state index contributed by atoms with van der Waals surface area (Å²) in [4.78, 5) is 11.6. The Kier molecular flexibility index (Phi) is 4.85. The molecule has 0 amide bonds. The van der Waals surface area contributed by atoms with Crippen LogP contribution in [0.25, 0.3) is 0 Å². The van der Waals surface area contributed by atoms with Crippen molar-refractivity contribution in [1.29, 1.82) is 0 Å². The van der Waals surface area contributed by atoms with Crippen molar-refractivity contribution in [2.24, 2.45) is 5.92 Å². The summed E-state index contributed by atoms with van der Waals surface area (Å²) >= 11 is 3.57. The van der Waals surface area contributed by atoms with Gasteiger partial charge in [0.1, 0.15) is 5.82 Å². The zero-order chi connectivity index (χ0) is 16.4. The van der Waals surface area contributed by atoms with E-state index in [0.717, 1.165) is 40.7 Å². The first-order valence-electron chi connectivity index (χ1n) is 8.15. The summed E-state index contributed by atoms with van der Waals surface area (Å²) in [5.74, 6) is 2.50. The number of aryl methyl sites for hydroxylation is 2. The van der Waals surface area contributed by atoms with Gasteiger partial charge in [0.05, 0.1) is 0 Å². The highest BCUT2D eigenvalue weighted by molar-refractivity contribution is 9.10. The van der Waals surface area contributed by atoms with Crippen LogP contribution in [0.3, 0.4) is 0 Å². The molecule has 1 aromatic heterocycles. The lowest BCUT2D eigenvalue weighted by Crippen LogP contribution is -2.33. The van der Waals surface area contributed by atoms with E-state index in [1.165, 1.54) is 18.4 Å². The van der Waals surface area contributed by atoms with E-state index in [1.54, 1.807) is 0 Å². The number of hydrogen-bond acceptors (Lipinski definition) is 4. The lowest BCUT2D eigenvalue weighted by Gasteiger charge is -2.31. The third-order valence-corrected chi connectivity index (χ3v) is 5.23. The van der Waals surface area contributed by atoms with Gasteiger partial charge in [-0.05, 0) is 50.3 Å². The fourth-order valence-electron chi connectivity index (χ4n) is 2.81. The first-order chi connectivity index (χ1) is 11.0. The van der Waals surface area contributed by atoms with Crippen molar-refractivity contribution in [2.45, 2.75) is 33.6 Å². The second-order valence-electron chi connectivity index (χ2n) is 6.45. The predicted octanol–water partition coefficient (Wildman–Crippen LogP) is 4.84. The van der Waals surface area contributed by atoms with Crippen molar-refractivity contribution in [3.8, 4) is 0 Å². The van der Waals surface area contributed by atoms with E-state index in [9.17, 15) is 0 Å². The van der Waals surface area contributed by atoms with Crippen molar-refractivity contribution in [1.82, 2.24) is 9.97 Å². The highest BCUT2D eigenvalue weighted by Crippen LogP contribution is 2.25. The van der Waals surface area contributed by atoms with Gasteiger partial charge in [-0.15, -0.1) is 0 Å². The van der Waals surface area contributed by atoms with Crippen LogP contribution in [0.2, 0.25) is 0 Å². The smallest absolute Gasteiger partial charge is 0.229 e. The van der Waals surface area contributed by atoms with Gasteiger partial charge in [-0.2, -0.15) is 4.98 Å². The molecule has 1 fully saturated rings. The summed E-state index contributed by atoms with van der Waals surface area (Å²) in [6, 6.07) is 8.26. The van der Waals surface area contributed by atoms with Gasteiger partial charge in [0.25, 0.3) is 0 Å². The molecule has 0 aliphatic carbocycles. The average molecular weight is 375 g/mol. The van der Waals surface area contributed by atoms with Gasteiger partial charge in [0.2, 0.25) is 5.95 Å². The molecule has 122 valence electrons. The molecule has 23 heavy (non-hydrogen) atoms. The summed E-state index contributed by atoms with van der Waals surface area (Å²) in [5, 5.41) is 3.32. The Morgan fingerprint density at radius 3 is 2.57 bits per heavy atom. The van der Waals surface area contributed by atoms with E-state index in [0.29, 0.717) is 5.95 Å². The molecule has 0 bridgehead atoms. The Morgan fingerprint density at radius 2 is 1.87 bits per heavy atom. The quantitative estimate of drug-likeness (QED) is 0.834. The molecule has 3 rings (SSSR count). The number of benzene rings is 1. The molecule has 1 aliphatic rings. The largest absolute Gasteiger partial charge is 0.356 e. The number of rotatable bonds is 3. The minimum atomic E-state index is 0.661. The van der Waals surface area contributed by atoms with E-state index < -0.39 is 0 Å². The van der Waals surface area contributed by atoms with Crippen LogP contribution in [0.15, 0.2) is 28.7 Å². The van der Waals surface area contributed by atoms with Gasteiger partial charge in [0, 0.05) is 35.0 Å². The first kappa shape index (κ1) is 16.2. The van der Waals surface area contributed by atoms with Crippen LogP contribution in [0.5, 0.6) is 0 Å². The van der Waals surface area contributed by atoms with E-state index in [-0.39, 0.29) is 0 Å². The van der Waals surface area contributed by atoms with E-state index in [4.69, 9.17) is 4.98 Å². The summed E-state index contributed by atoms with van der Waals surface area (Å²) in [7, 11) is 0. The van der Waals surface area contributed by atoms with Crippen LogP contribution in [0, 0.1) is 19.8 Å². The lowest BCUT2D eigenvalue weighted by atomic mass is 9.99. The average Bonchev–Trinajstić information content (AvgIpc) is 2.51. The van der Waals surface area contributed by atoms with Crippen LogP contribution in [-0.4, -0.2) is 23.1 Å². The van der Waals surface area contributed by atoms with Crippen molar-refractivity contribution in [2.75, 3.05) is 23.3 Å². The van der Waals surface area contributed by atoms with Crippen molar-refractivity contribution in [3.05, 3.63) is 40.0 Å². The Balaban J connectivity index is 1.81. The van der Waals surface area contributed by atoms with Gasteiger partial charge in [-0.25, -0.2) is 4.98 Å². The number of hydrogen-bond donors (Lipinski definition) is 1. The Labute approximate surface area is 146 Å². The van der Waals surface area contributed by atoms with Crippen LogP contribution >= 0.6 is 15.9 Å². The molecule has 5 heteroatoms. The molecule has 0 atom stereocenters. The van der Waals surface area contributed by atoms with Crippen LogP contribution in [-0.2, 0) is 0 Å². The van der Waals surface area contributed by atoms with E-state index >= 15 is 0 Å². The zero-order valence-corrected chi connectivity index (χ0v) is 15.5. The van der Waals surface area contributed by atoms with Gasteiger partial charge < -0.3 is 10.2 Å². The first-order valence-corrected chi connectivity index (χ1v) is 8.94. The lowest BCUT2D eigenvalue weighted by molar-refractivity contribution is 0.436. The maximum Gasteiger partial charge on any atom is 0.229 e. The molecule has 1 aliphatic heterocycles. The molecule has 1 saturated heterocycles. The molecule has 4 nitrogen and oxygen atoms in total. The third-order valence-electron chi connectivity index (χ3n) is 4.38. The Bertz CT molecular complexity index is 693. The fourth-order valence-corrected chi connectivity index (χ4v) is 3.19. The molecule has 2 heterocycles. The van der Waals surface area contributed by atoms with Crippen LogP contribution in [0.1, 0.15) is 31.0 Å². The van der Waals surface area contributed by atoms with Gasteiger partial charge in [-0.1, -0.05) is 28.9 Å². The summed E-state index contributed by atoms with van der Waals surface area (Å²) in [6.07, 6.45) is 2.47. The molecule has 0 spiro atoms. The van der Waals surface area contributed by atoms with Gasteiger partial charge >= 0.3 is 0 Å². The summed E-state index contributed by atoms with van der Waals surface area (Å²) in [5.41, 5.74) is 3.19. The molecule has 1 N–H and O–H groups in total. The predicted molar refractivity (Wildman–Crippen MR) is 99.5 cm³/mol. The van der Waals surface area contributed by atoms with Crippen molar-refractivity contribution < 1.29 is 0 Å². The molecule has 0 unspecified atom stereocenters. The summed E-state index contributed by atoms with van der Waals surface area (Å²) in [6.45, 7) is 8.57. The number of nitrogens with zero attached hydrogens (tertiary/aromatic N) is 3. The number of aromatic nitrogens is 2. The SMILES string of the molecule is Cc1cc(N2CCC(C)CC2)nc(Nc2ccc(C)c(Br)c2)n1. The highest BCUT2D eigenvalue weighted by atomic mass is 79.9. The van der Waals surface area contributed by atoms with Crippen molar-refractivity contribution >= 4 is 33.4 Å². The van der Waals surface area contributed by atoms with Crippen LogP contribution < -0.4 is 10.2 Å². The number of nitrogens with one attached hydrogen (secondary N) is 1. The minimum Gasteiger partial charge on any atom is -0.356 e. The highest BCUT2D eigenvalue weighted by Gasteiger charge is 2.18. The van der Waals surface area contributed by atoms with E-state index in [1.807, 2.05) is 13.0 Å². The molecule has 0 saturated carbocycles. The standard InChI is InChI=1S/C18H23BrN4/c1-12-6-8-23(9-7-12)17-10-14(3)20-18(22-17)21-15-5-4-13(2)16(19)11-15/h4-5,10-12H,6-9H2,1-3H3,(H,20,21,22).